The van der Waals surface area contributed by atoms with Crippen molar-refractivity contribution in [2.75, 3.05) is 36.8 Å². The van der Waals surface area contributed by atoms with E-state index in [1.165, 1.54) is 21.9 Å². The second kappa shape index (κ2) is 6.83. The first-order valence-corrected chi connectivity index (χ1v) is 10.9. The third-order valence-electron chi connectivity index (χ3n) is 5.44. The summed E-state index contributed by atoms with van der Waals surface area (Å²) >= 11 is 3.59. The van der Waals surface area contributed by atoms with Gasteiger partial charge in [-0.15, -0.1) is 23.1 Å². The zero-order valence-corrected chi connectivity index (χ0v) is 16.2. The highest BCUT2D eigenvalue weighted by Crippen LogP contribution is 2.45. The number of halogens is 1. The second-order valence-corrected chi connectivity index (χ2v) is 9.15. The molecule has 1 aromatic carbocycles. The smallest absolute Gasteiger partial charge is 0.270 e. The summed E-state index contributed by atoms with van der Waals surface area (Å²) in [7, 11) is 0. The van der Waals surface area contributed by atoms with Crippen LogP contribution in [0, 0.1) is 11.7 Å². The molecular weight excluding hydrogens is 383 g/mol. The lowest BCUT2D eigenvalue weighted by Gasteiger charge is -2.36. The fourth-order valence-electron chi connectivity index (χ4n) is 3.94. The van der Waals surface area contributed by atoms with Gasteiger partial charge in [-0.25, -0.2) is 4.39 Å². The molecule has 0 radical (unpaired) electrons. The van der Waals surface area contributed by atoms with Gasteiger partial charge < -0.3 is 15.2 Å². The number of nitrogens with one attached hydrogen (secondary N) is 1. The largest absolute Gasteiger partial charge is 0.368 e. The Hall–Kier alpha value is -2.06. The first-order valence-electron chi connectivity index (χ1n) is 9.04. The summed E-state index contributed by atoms with van der Waals surface area (Å²) in [6, 6.07) is 8.81. The predicted octanol–water partition coefficient (Wildman–Crippen LogP) is 2.96. The molecule has 2 aromatic rings. The Balaban J connectivity index is 1.25. The molecule has 1 fully saturated rings. The van der Waals surface area contributed by atoms with Crippen LogP contribution in [0.4, 0.5) is 10.1 Å². The summed E-state index contributed by atoms with van der Waals surface area (Å²) < 4.78 is 14.4. The van der Waals surface area contributed by atoms with Gasteiger partial charge in [-0.2, -0.15) is 5.10 Å². The van der Waals surface area contributed by atoms with Crippen molar-refractivity contribution in [3.05, 3.63) is 47.1 Å². The molecule has 1 N–H and O–H groups in total. The van der Waals surface area contributed by atoms with E-state index in [0.29, 0.717) is 18.8 Å². The predicted molar refractivity (Wildman–Crippen MR) is 107 cm³/mol. The Morgan fingerprint density at radius 3 is 2.70 bits per heavy atom. The number of piperazine rings is 1. The van der Waals surface area contributed by atoms with Crippen molar-refractivity contribution in [2.24, 2.45) is 11.0 Å². The molecule has 5 nitrogen and oxygen atoms in total. The van der Waals surface area contributed by atoms with Crippen LogP contribution < -0.4 is 10.3 Å². The summed E-state index contributed by atoms with van der Waals surface area (Å²) in [6.07, 6.45) is 0. The molecule has 0 spiro atoms. The number of carbonyl (C=O) groups is 1. The van der Waals surface area contributed by atoms with Gasteiger partial charge in [0.15, 0.2) is 0 Å². The summed E-state index contributed by atoms with van der Waals surface area (Å²) in [5, 5.41) is 6.54. The molecule has 3 aliphatic heterocycles. The van der Waals surface area contributed by atoms with Gasteiger partial charge in [0.1, 0.15) is 11.5 Å². The molecule has 8 heteroatoms. The molecule has 0 bridgehead atoms. The van der Waals surface area contributed by atoms with E-state index in [2.05, 4.69) is 26.9 Å². The first kappa shape index (κ1) is 17.1. The fraction of sp³-hybridized carbons (Fsp3) is 0.368. The van der Waals surface area contributed by atoms with Gasteiger partial charge >= 0.3 is 0 Å². The van der Waals surface area contributed by atoms with Gasteiger partial charge in [0.05, 0.1) is 10.3 Å². The number of hydrogen-bond donors (Lipinski definition) is 1. The Labute approximate surface area is 165 Å². The molecule has 1 aromatic heterocycles. The molecule has 140 valence electrons. The van der Waals surface area contributed by atoms with Gasteiger partial charge in [0, 0.05) is 49.1 Å². The molecule has 27 heavy (non-hydrogen) atoms. The van der Waals surface area contributed by atoms with E-state index in [4.69, 9.17) is 0 Å². The molecule has 0 aliphatic carbocycles. The molecule has 0 saturated carbocycles. The quantitative estimate of drug-likeness (QED) is 0.839. The minimum absolute atomic E-state index is 0.0491. The molecule has 2 atom stereocenters. The minimum atomic E-state index is -0.229. The number of fused-ring (bicyclic) bond motifs is 3. The number of hydrazone groups is 1. The zero-order valence-electron chi connectivity index (χ0n) is 14.6. The van der Waals surface area contributed by atoms with Crippen molar-refractivity contribution in [1.82, 2.24) is 10.3 Å². The molecule has 5 rings (SSSR count). The van der Waals surface area contributed by atoms with Crippen LogP contribution >= 0.6 is 23.1 Å². The summed E-state index contributed by atoms with van der Waals surface area (Å²) in [6.45, 7) is 2.80. The summed E-state index contributed by atoms with van der Waals surface area (Å²) in [4.78, 5) is 17.2. The molecule has 2 unspecified atom stereocenters. The van der Waals surface area contributed by atoms with Crippen LogP contribution in [0.3, 0.4) is 0 Å². The Kier molecular flexibility index (Phi) is 4.32. The lowest BCUT2D eigenvalue weighted by molar-refractivity contribution is -0.124. The second-order valence-electron chi connectivity index (χ2n) is 6.94. The average molecular weight is 403 g/mol. The third kappa shape index (κ3) is 3.00. The maximum Gasteiger partial charge on any atom is 0.270 e. The van der Waals surface area contributed by atoms with Crippen LogP contribution in [-0.2, 0) is 4.79 Å². The van der Waals surface area contributed by atoms with E-state index in [1.54, 1.807) is 23.5 Å². The van der Waals surface area contributed by atoms with Gasteiger partial charge in [-0.1, -0.05) is 0 Å². The molecule has 1 amide bonds. The molecular formula is C19H19FN4OS2. The first-order chi connectivity index (χ1) is 13.2. The van der Waals surface area contributed by atoms with Crippen molar-refractivity contribution < 1.29 is 9.18 Å². The lowest BCUT2D eigenvalue weighted by Crippen LogP contribution is -2.51. The maximum absolute atomic E-state index is 13.1. The highest BCUT2D eigenvalue weighted by atomic mass is 32.2. The van der Waals surface area contributed by atoms with Crippen LogP contribution in [0.2, 0.25) is 0 Å². The van der Waals surface area contributed by atoms with Crippen LogP contribution in [0.1, 0.15) is 11.6 Å². The van der Waals surface area contributed by atoms with E-state index in [0.717, 1.165) is 24.5 Å². The van der Waals surface area contributed by atoms with E-state index >= 15 is 0 Å². The highest BCUT2D eigenvalue weighted by molar-refractivity contribution is 8.01. The zero-order chi connectivity index (χ0) is 18.4. The SMILES string of the molecule is O=C(C1=NNC2c3ccsc3SCC12)N1CCN(c2ccc(F)cc2)CC1. The molecule has 4 heterocycles. The van der Waals surface area contributed by atoms with E-state index < -0.39 is 0 Å². The summed E-state index contributed by atoms with van der Waals surface area (Å²) in [5.74, 6) is 0.853. The lowest BCUT2D eigenvalue weighted by atomic mass is 9.92. The number of amides is 1. The van der Waals surface area contributed by atoms with Crippen molar-refractivity contribution in [1.29, 1.82) is 0 Å². The number of hydrogen-bond acceptors (Lipinski definition) is 6. The number of benzene rings is 1. The Morgan fingerprint density at radius 1 is 1.15 bits per heavy atom. The van der Waals surface area contributed by atoms with E-state index in [-0.39, 0.29) is 23.7 Å². The normalized spacial score (nSPS) is 24.1. The van der Waals surface area contributed by atoms with Gasteiger partial charge in [-0.05, 0) is 35.7 Å². The van der Waals surface area contributed by atoms with Crippen molar-refractivity contribution in [2.45, 2.75) is 10.3 Å². The topological polar surface area (TPSA) is 47.9 Å². The van der Waals surface area contributed by atoms with Crippen molar-refractivity contribution in [3.8, 4) is 0 Å². The Morgan fingerprint density at radius 2 is 1.93 bits per heavy atom. The maximum atomic E-state index is 13.1. The van der Waals surface area contributed by atoms with E-state index in [9.17, 15) is 9.18 Å². The Bertz CT molecular complexity index is 889. The number of rotatable bonds is 2. The van der Waals surface area contributed by atoms with Crippen LogP contribution in [-0.4, -0.2) is 48.5 Å². The molecule has 1 saturated heterocycles. The molecule has 3 aliphatic rings. The van der Waals surface area contributed by atoms with Crippen molar-refractivity contribution >= 4 is 40.4 Å². The monoisotopic (exact) mass is 402 g/mol. The van der Waals surface area contributed by atoms with E-state index in [1.807, 2.05) is 16.7 Å². The number of anilines is 1. The van der Waals surface area contributed by atoms with Gasteiger partial charge in [0.2, 0.25) is 0 Å². The minimum Gasteiger partial charge on any atom is -0.368 e. The fourth-order valence-corrected chi connectivity index (χ4v) is 6.29. The number of thioether (sulfide) groups is 1. The highest BCUT2D eigenvalue weighted by Gasteiger charge is 2.42. The van der Waals surface area contributed by atoms with Gasteiger partial charge in [-0.3, -0.25) is 4.79 Å². The number of thiophene rings is 1. The van der Waals surface area contributed by atoms with Crippen LogP contribution in [0.25, 0.3) is 0 Å². The van der Waals surface area contributed by atoms with Gasteiger partial charge in [0.25, 0.3) is 5.91 Å². The van der Waals surface area contributed by atoms with Crippen LogP contribution in [0.5, 0.6) is 0 Å². The number of carbonyl (C=O) groups excluding carboxylic acids is 1. The number of nitrogens with zero attached hydrogens (tertiary/aromatic N) is 3. The third-order valence-corrected chi connectivity index (χ3v) is 7.83. The standard InChI is InChI=1S/C19H19FN4OS2/c20-12-1-3-13(4-2-12)23-6-8-24(9-7-23)18(25)17-15-11-27-19-14(5-10-26-19)16(15)21-22-17/h1-5,10,15-16,21H,6-9,11H2. The summed E-state index contributed by atoms with van der Waals surface area (Å²) in [5.41, 5.74) is 6.13. The van der Waals surface area contributed by atoms with Crippen molar-refractivity contribution in [3.63, 3.8) is 0 Å². The van der Waals surface area contributed by atoms with Crippen LogP contribution in [0.15, 0.2) is 45.0 Å². The average Bonchev–Trinajstić information content (AvgIpc) is 3.34.